The number of nitriles is 1. The van der Waals surface area contributed by atoms with Crippen LogP contribution in [0, 0.1) is 11.3 Å². The second-order valence-corrected chi connectivity index (χ2v) is 9.24. The number of carbonyl (C=O) groups is 1. The molecule has 2 heterocycles. The fourth-order valence-electron chi connectivity index (χ4n) is 2.91. The van der Waals surface area contributed by atoms with Crippen LogP contribution < -0.4 is 5.32 Å². The number of furan rings is 1. The Hall–Kier alpha value is -3.18. The quantitative estimate of drug-likeness (QED) is 0.218. The Morgan fingerprint density at radius 1 is 1.16 bits per heavy atom. The maximum atomic E-state index is 12.6. The smallest absolute Gasteiger partial charge is 0.268 e. The number of halogens is 2. The van der Waals surface area contributed by atoms with Gasteiger partial charge in [-0.05, 0) is 42.0 Å². The van der Waals surface area contributed by atoms with Crippen LogP contribution >= 0.6 is 38.9 Å². The number of thiazole rings is 1. The van der Waals surface area contributed by atoms with Crippen LogP contribution in [0.15, 0.2) is 81.3 Å². The average Bonchev–Trinajstić information content (AvgIpc) is 3.43. The van der Waals surface area contributed by atoms with Gasteiger partial charge in [0.25, 0.3) is 5.91 Å². The van der Waals surface area contributed by atoms with Gasteiger partial charge < -0.3 is 4.42 Å². The summed E-state index contributed by atoms with van der Waals surface area (Å²) in [6, 6.07) is 20.7. The monoisotopic (exact) mass is 523 g/mol. The van der Waals surface area contributed by atoms with Gasteiger partial charge in [0.2, 0.25) is 0 Å². The minimum absolute atomic E-state index is 0.0730. The number of nitrogens with zero attached hydrogens (tertiary/aromatic N) is 2. The van der Waals surface area contributed by atoms with Gasteiger partial charge in [-0.15, -0.1) is 11.3 Å². The zero-order valence-electron chi connectivity index (χ0n) is 16.5. The molecule has 0 aliphatic carbocycles. The largest absolute Gasteiger partial charge is 0.457 e. The summed E-state index contributed by atoms with van der Waals surface area (Å²) in [5.41, 5.74) is 1.91. The third-order valence-corrected chi connectivity index (χ3v) is 6.17. The number of carbonyl (C=O) groups excluding carboxylic acids is 1. The van der Waals surface area contributed by atoms with Crippen molar-refractivity contribution in [2.75, 3.05) is 5.32 Å². The lowest BCUT2D eigenvalue weighted by atomic mass is 10.1. The van der Waals surface area contributed by atoms with Gasteiger partial charge in [-0.1, -0.05) is 51.8 Å². The molecule has 4 aromatic rings. The molecule has 0 saturated carbocycles. The highest BCUT2D eigenvalue weighted by Crippen LogP contribution is 2.26. The summed E-state index contributed by atoms with van der Waals surface area (Å²) < 4.78 is 6.74. The summed E-state index contributed by atoms with van der Waals surface area (Å²) in [4.78, 5) is 17.8. The molecule has 0 aliphatic heterocycles. The summed E-state index contributed by atoms with van der Waals surface area (Å²) in [5, 5.41) is 13.3. The van der Waals surface area contributed by atoms with Gasteiger partial charge in [-0.25, -0.2) is 4.98 Å². The minimum Gasteiger partial charge on any atom is -0.457 e. The molecule has 158 valence electrons. The van der Waals surface area contributed by atoms with Crippen LogP contribution in [0.25, 0.3) is 17.4 Å². The second kappa shape index (κ2) is 9.96. The molecule has 32 heavy (non-hydrogen) atoms. The van der Waals surface area contributed by atoms with E-state index in [1.807, 2.05) is 54.6 Å². The molecule has 8 heteroatoms. The molecule has 0 aliphatic rings. The highest BCUT2D eigenvalue weighted by Gasteiger charge is 2.14. The molecule has 2 aromatic heterocycles. The molecule has 0 bridgehead atoms. The molecule has 0 atom stereocenters. The van der Waals surface area contributed by atoms with E-state index in [1.165, 1.54) is 17.4 Å². The summed E-state index contributed by atoms with van der Waals surface area (Å²) in [6.07, 6.45) is 3.80. The fourth-order valence-corrected chi connectivity index (χ4v) is 4.14. The van der Waals surface area contributed by atoms with Crippen molar-refractivity contribution in [3.8, 4) is 17.4 Å². The number of nitrogens with one attached hydrogen (secondary N) is 1. The lowest BCUT2D eigenvalue weighted by Gasteiger charge is -2.00. The molecule has 0 spiro atoms. The van der Waals surface area contributed by atoms with E-state index < -0.39 is 5.91 Å². The van der Waals surface area contributed by atoms with Crippen LogP contribution in [0.1, 0.15) is 16.2 Å². The van der Waals surface area contributed by atoms with E-state index in [4.69, 9.17) is 16.0 Å². The van der Waals surface area contributed by atoms with Crippen LogP contribution in [-0.2, 0) is 11.2 Å². The Bertz CT molecular complexity index is 1320. The Morgan fingerprint density at radius 2 is 1.91 bits per heavy atom. The van der Waals surface area contributed by atoms with Gasteiger partial charge >= 0.3 is 0 Å². The molecule has 1 amide bonds. The van der Waals surface area contributed by atoms with E-state index in [0.717, 1.165) is 20.5 Å². The number of hydrogen-bond donors (Lipinski definition) is 1. The molecule has 1 N–H and O–H groups in total. The van der Waals surface area contributed by atoms with Crippen LogP contribution in [0.2, 0.25) is 5.02 Å². The van der Waals surface area contributed by atoms with Crippen LogP contribution in [-0.4, -0.2) is 10.9 Å². The molecule has 4 rings (SSSR count). The number of aromatic nitrogens is 1. The van der Waals surface area contributed by atoms with Crippen molar-refractivity contribution in [3.63, 3.8) is 0 Å². The van der Waals surface area contributed by atoms with Crippen molar-refractivity contribution >= 4 is 56.0 Å². The van der Waals surface area contributed by atoms with Gasteiger partial charge in [0.15, 0.2) is 5.13 Å². The molecule has 5 nitrogen and oxygen atoms in total. The van der Waals surface area contributed by atoms with Crippen molar-refractivity contribution in [2.45, 2.75) is 6.42 Å². The van der Waals surface area contributed by atoms with Crippen LogP contribution in [0.4, 0.5) is 5.13 Å². The summed E-state index contributed by atoms with van der Waals surface area (Å²) >= 11 is 10.7. The number of hydrogen-bond acceptors (Lipinski definition) is 5. The Balaban J connectivity index is 1.44. The topological polar surface area (TPSA) is 78.9 Å². The zero-order chi connectivity index (χ0) is 22.5. The number of benzene rings is 2. The summed E-state index contributed by atoms with van der Waals surface area (Å²) in [6.45, 7) is 0. The third kappa shape index (κ3) is 5.54. The van der Waals surface area contributed by atoms with Crippen LogP contribution in [0.5, 0.6) is 0 Å². The summed E-state index contributed by atoms with van der Waals surface area (Å²) in [7, 11) is 0. The predicted octanol–water partition coefficient (Wildman–Crippen LogP) is 6.96. The first-order chi connectivity index (χ1) is 15.5. The number of amides is 1. The maximum Gasteiger partial charge on any atom is 0.268 e. The van der Waals surface area contributed by atoms with E-state index in [1.54, 1.807) is 18.3 Å². The van der Waals surface area contributed by atoms with Gasteiger partial charge in [0.05, 0.1) is 0 Å². The van der Waals surface area contributed by atoms with Crippen molar-refractivity contribution in [2.24, 2.45) is 0 Å². The van der Waals surface area contributed by atoms with Crippen molar-refractivity contribution in [1.29, 1.82) is 5.26 Å². The highest BCUT2D eigenvalue weighted by atomic mass is 79.9. The normalized spacial score (nSPS) is 11.2. The average molecular weight is 525 g/mol. The Labute approximate surface area is 202 Å². The van der Waals surface area contributed by atoms with E-state index >= 15 is 0 Å². The molecule has 0 saturated heterocycles. The maximum absolute atomic E-state index is 12.6. The molecule has 0 unspecified atom stereocenters. The van der Waals surface area contributed by atoms with Gasteiger partial charge in [0.1, 0.15) is 23.2 Å². The predicted molar refractivity (Wildman–Crippen MR) is 130 cm³/mol. The third-order valence-electron chi connectivity index (χ3n) is 4.47. The minimum atomic E-state index is -0.540. The first-order valence-corrected chi connectivity index (χ1v) is 11.5. The van der Waals surface area contributed by atoms with Crippen LogP contribution in [0.3, 0.4) is 0 Å². The Kier molecular flexibility index (Phi) is 6.86. The van der Waals surface area contributed by atoms with E-state index in [-0.39, 0.29) is 5.57 Å². The van der Waals surface area contributed by atoms with E-state index in [0.29, 0.717) is 28.1 Å². The molecule has 2 aromatic carbocycles. The number of rotatable bonds is 6. The highest BCUT2D eigenvalue weighted by molar-refractivity contribution is 9.10. The zero-order valence-corrected chi connectivity index (χ0v) is 19.7. The van der Waals surface area contributed by atoms with Gasteiger partial charge in [-0.2, -0.15) is 5.26 Å². The molecular weight excluding hydrogens is 510 g/mol. The molecular formula is C24H15BrClN3O2S. The van der Waals surface area contributed by atoms with Crippen molar-refractivity contribution in [1.82, 2.24) is 4.98 Å². The lowest BCUT2D eigenvalue weighted by Crippen LogP contribution is -2.13. The second-order valence-electron chi connectivity index (χ2n) is 6.77. The van der Waals surface area contributed by atoms with E-state index in [2.05, 4.69) is 26.2 Å². The van der Waals surface area contributed by atoms with Crippen molar-refractivity contribution in [3.05, 3.63) is 98.1 Å². The standard InChI is InChI=1S/C24H15BrClN3O2S/c25-18-5-3-16(4-6-18)22-10-9-20(31-22)12-17(13-27)23(30)29-24-28-14-21(32-24)11-15-1-7-19(26)8-2-15/h1-10,12,14H,11H2,(H,28,29,30). The molecule has 0 radical (unpaired) electrons. The molecule has 0 fully saturated rings. The van der Waals surface area contributed by atoms with Crippen molar-refractivity contribution < 1.29 is 9.21 Å². The number of anilines is 1. The van der Waals surface area contributed by atoms with Gasteiger partial charge in [0, 0.05) is 38.6 Å². The lowest BCUT2D eigenvalue weighted by molar-refractivity contribution is -0.112. The van der Waals surface area contributed by atoms with E-state index in [9.17, 15) is 10.1 Å². The first-order valence-electron chi connectivity index (χ1n) is 9.48. The summed E-state index contributed by atoms with van der Waals surface area (Å²) in [5.74, 6) is 0.520. The SMILES string of the molecule is N#CC(=Cc1ccc(-c2ccc(Br)cc2)o1)C(=O)Nc1ncc(Cc2ccc(Cl)cc2)s1. The fraction of sp³-hybridized carbons (Fsp3) is 0.0417. The Morgan fingerprint density at radius 3 is 2.62 bits per heavy atom. The first kappa shape index (κ1) is 22.0. The van der Waals surface area contributed by atoms with Gasteiger partial charge in [-0.3, -0.25) is 10.1 Å².